The monoisotopic (exact) mass is 1040 g/mol. The largest absolute Gasteiger partial charge is 0.472 e. The molecule has 72 heavy (non-hydrogen) atoms. The summed E-state index contributed by atoms with van der Waals surface area (Å²) in [6.45, 7) is 4.46. The van der Waals surface area contributed by atoms with E-state index >= 15 is 0 Å². The van der Waals surface area contributed by atoms with Crippen LogP contribution in [0.2, 0.25) is 0 Å². The van der Waals surface area contributed by atoms with Crippen LogP contribution in [0.1, 0.15) is 296 Å². The fourth-order valence-electron chi connectivity index (χ4n) is 8.87. The number of hydrogen-bond donors (Lipinski definition) is 1. The Morgan fingerprint density at radius 1 is 0.431 bits per heavy atom. The second-order valence-electron chi connectivity index (χ2n) is 22.1. The van der Waals surface area contributed by atoms with Crippen LogP contribution in [0.25, 0.3) is 0 Å². The van der Waals surface area contributed by atoms with Crippen molar-refractivity contribution in [1.29, 1.82) is 0 Å². The average molecular weight is 1040 g/mol. The molecule has 0 aliphatic carbocycles. The van der Waals surface area contributed by atoms with Gasteiger partial charge in [0, 0.05) is 12.8 Å². The number of phosphoric ester groups is 1. The lowest BCUT2D eigenvalue weighted by molar-refractivity contribution is -0.870. The molecule has 0 aliphatic heterocycles. The van der Waals surface area contributed by atoms with E-state index in [9.17, 15) is 19.0 Å². The van der Waals surface area contributed by atoms with Gasteiger partial charge in [-0.1, -0.05) is 249 Å². The fourth-order valence-corrected chi connectivity index (χ4v) is 9.61. The Balaban J connectivity index is 4.10. The summed E-state index contributed by atoms with van der Waals surface area (Å²) in [7, 11) is 1.48. The number of nitrogens with zero attached hydrogens (tertiary/aromatic N) is 1. The molecule has 1 N–H and O–H groups in total. The number of rotatable bonds is 57. The van der Waals surface area contributed by atoms with Crippen LogP contribution in [0.4, 0.5) is 0 Å². The van der Waals surface area contributed by atoms with Crippen molar-refractivity contribution in [1.82, 2.24) is 0 Å². The molecule has 0 aromatic heterocycles. The van der Waals surface area contributed by atoms with Crippen molar-refractivity contribution in [2.24, 2.45) is 0 Å². The van der Waals surface area contributed by atoms with E-state index in [1.807, 2.05) is 21.1 Å². The van der Waals surface area contributed by atoms with Crippen molar-refractivity contribution in [2.45, 2.75) is 302 Å². The Morgan fingerprint density at radius 3 is 1.11 bits per heavy atom. The van der Waals surface area contributed by atoms with E-state index in [4.69, 9.17) is 18.5 Å². The summed E-state index contributed by atoms with van der Waals surface area (Å²) in [5.41, 5.74) is 0. The number of carbonyl (C=O) groups excluding carboxylic acids is 2. The number of likely N-dealkylation sites (N-methyl/N-ethyl adjacent to an activating group) is 1. The van der Waals surface area contributed by atoms with Gasteiger partial charge in [0.15, 0.2) is 6.10 Å². The van der Waals surface area contributed by atoms with Crippen molar-refractivity contribution < 1.29 is 42.1 Å². The van der Waals surface area contributed by atoms with E-state index < -0.39 is 26.5 Å². The molecule has 0 amide bonds. The average Bonchev–Trinajstić information content (AvgIpc) is 3.34. The van der Waals surface area contributed by atoms with Gasteiger partial charge >= 0.3 is 19.8 Å². The molecule has 0 saturated heterocycles. The van der Waals surface area contributed by atoms with E-state index in [1.54, 1.807) is 0 Å². The van der Waals surface area contributed by atoms with E-state index in [2.05, 4.69) is 50.3 Å². The molecule has 0 fully saturated rings. The Labute approximate surface area is 446 Å². The second-order valence-corrected chi connectivity index (χ2v) is 23.5. The van der Waals surface area contributed by atoms with Crippen LogP contribution < -0.4 is 0 Å². The molecule has 2 atom stereocenters. The first kappa shape index (κ1) is 70.2. The predicted octanol–water partition coefficient (Wildman–Crippen LogP) is 19.2. The maximum Gasteiger partial charge on any atom is 0.472 e. The van der Waals surface area contributed by atoms with Gasteiger partial charge in [-0.2, -0.15) is 0 Å². The Kier molecular flexibility index (Phi) is 52.7. The number of phosphoric acid groups is 1. The minimum atomic E-state index is -4.39. The van der Waals surface area contributed by atoms with Gasteiger partial charge in [0.25, 0.3) is 0 Å². The number of esters is 2. The third kappa shape index (κ3) is 57.5. The van der Waals surface area contributed by atoms with Crippen molar-refractivity contribution in [3.8, 4) is 0 Å². The lowest BCUT2D eigenvalue weighted by atomic mass is 10.0. The topological polar surface area (TPSA) is 108 Å². The van der Waals surface area contributed by atoms with Crippen LogP contribution in [-0.2, 0) is 32.7 Å². The second kappa shape index (κ2) is 54.0. The third-order valence-electron chi connectivity index (χ3n) is 13.6. The Hall–Kier alpha value is -1.77. The van der Waals surface area contributed by atoms with Crippen LogP contribution in [0.3, 0.4) is 0 Å². The van der Waals surface area contributed by atoms with E-state index in [0.717, 1.165) is 44.9 Å². The summed E-state index contributed by atoms with van der Waals surface area (Å²) >= 11 is 0. The molecule has 0 radical (unpaired) electrons. The quantitative estimate of drug-likeness (QED) is 0.0211. The molecule has 0 aliphatic rings. The van der Waals surface area contributed by atoms with Gasteiger partial charge in [0.1, 0.15) is 19.8 Å². The minimum absolute atomic E-state index is 0.0320. The number of allylic oxidation sites excluding steroid dienone is 6. The summed E-state index contributed by atoms with van der Waals surface area (Å²) in [5.74, 6) is -0.789. The highest BCUT2D eigenvalue weighted by Crippen LogP contribution is 2.43. The molecular weight excluding hydrogens is 918 g/mol. The van der Waals surface area contributed by atoms with Crippen molar-refractivity contribution in [2.75, 3.05) is 47.5 Å². The zero-order valence-electron chi connectivity index (χ0n) is 48.2. The molecule has 0 aromatic rings. The van der Waals surface area contributed by atoms with Gasteiger partial charge in [0.05, 0.1) is 27.7 Å². The first-order valence-electron chi connectivity index (χ1n) is 30.7. The van der Waals surface area contributed by atoms with Gasteiger partial charge in [-0.3, -0.25) is 18.6 Å². The Morgan fingerprint density at radius 2 is 0.750 bits per heavy atom. The van der Waals surface area contributed by atoms with Crippen molar-refractivity contribution >= 4 is 19.8 Å². The maximum absolute atomic E-state index is 12.8. The molecule has 2 unspecified atom stereocenters. The van der Waals surface area contributed by atoms with Gasteiger partial charge < -0.3 is 18.9 Å². The molecule has 0 saturated carbocycles. The summed E-state index contributed by atoms with van der Waals surface area (Å²) in [6.07, 6.45) is 66.5. The predicted molar refractivity (Wildman–Crippen MR) is 307 cm³/mol. The van der Waals surface area contributed by atoms with Gasteiger partial charge in [-0.05, 0) is 70.6 Å². The number of quaternary nitrogens is 1. The molecule has 0 bridgehead atoms. The van der Waals surface area contributed by atoms with E-state index in [1.165, 1.54) is 218 Å². The highest BCUT2D eigenvalue weighted by molar-refractivity contribution is 7.47. The molecule has 9 nitrogen and oxygen atoms in total. The smallest absolute Gasteiger partial charge is 0.462 e. The zero-order chi connectivity index (χ0) is 52.7. The van der Waals surface area contributed by atoms with Crippen LogP contribution in [0, 0.1) is 0 Å². The fraction of sp³-hybridized carbons (Fsp3) is 0.871. The molecule has 0 heterocycles. The number of ether oxygens (including phenoxy) is 2. The molecule has 0 spiro atoms. The van der Waals surface area contributed by atoms with Crippen LogP contribution >= 0.6 is 7.82 Å². The standard InChI is InChI=1S/C62H118NO8P/c1-6-8-10-12-14-16-18-20-22-24-26-28-29-30-31-32-33-35-36-38-40-42-44-46-48-50-52-54-61(64)68-58-60(59-70-72(66,67)69-57-56-63(3,4)5)71-62(65)55-53-51-49-47-45-43-41-39-37-34-27-25-23-21-19-17-15-13-11-9-7-2/h19,21,24-27,60H,6-18,20,22-23,28-59H2,1-5H3/p+1/b21-19-,26-24-,27-25-. The number of hydrogen-bond acceptors (Lipinski definition) is 7. The van der Waals surface area contributed by atoms with Gasteiger partial charge in [0.2, 0.25) is 0 Å². The lowest BCUT2D eigenvalue weighted by Crippen LogP contribution is -2.37. The van der Waals surface area contributed by atoms with Crippen LogP contribution in [0.15, 0.2) is 36.5 Å². The molecule has 0 aromatic carbocycles. The van der Waals surface area contributed by atoms with Gasteiger partial charge in [-0.25, -0.2) is 4.57 Å². The maximum atomic E-state index is 12.8. The van der Waals surface area contributed by atoms with Crippen molar-refractivity contribution in [3.63, 3.8) is 0 Å². The highest BCUT2D eigenvalue weighted by Gasteiger charge is 2.27. The summed E-state index contributed by atoms with van der Waals surface area (Å²) < 4.78 is 34.6. The number of unbranched alkanes of at least 4 members (excludes halogenated alkanes) is 37. The highest BCUT2D eigenvalue weighted by atomic mass is 31.2. The SMILES string of the molecule is CCCCCCC/C=C\C/C=C\CCCCCCCCCCCC(=O)OC(COC(=O)CCCCCCCCCCCCCCCCC/C=C\CCCCCCCCCC)COP(=O)(O)OCC[N+](C)(C)C. The minimum Gasteiger partial charge on any atom is -0.462 e. The number of carbonyl (C=O) groups is 2. The lowest BCUT2D eigenvalue weighted by Gasteiger charge is -2.24. The van der Waals surface area contributed by atoms with Gasteiger partial charge in [-0.15, -0.1) is 0 Å². The third-order valence-corrected chi connectivity index (χ3v) is 14.6. The van der Waals surface area contributed by atoms with E-state index in [-0.39, 0.29) is 25.6 Å². The molecular formula is C62H119NO8P+. The summed E-state index contributed by atoms with van der Waals surface area (Å²) in [5, 5.41) is 0. The molecule has 10 heteroatoms. The summed E-state index contributed by atoms with van der Waals surface area (Å²) in [6, 6.07) is 0. The normalized spacial score (nSPS) is 13.5. The zero-order valence-corrected chi connectivity index (χ0v) is 49.1. The van der Waals surface area contributed by atoms with Crippen LogP contribution in [-0.4, -0.2) is 74.9 Å². The van der Waals surface area contributed by atoms with Crippen LogP contribution in [0.5, 0.6) is 0 Å². The molecule has 0 rings (SSSR count). The first-order valence-corrected chi connectivity index (χ1v) is 32.2. The van der Waals surface area contributed by atoms with E-state index in [0.29, 0.717) is 23.9 Å². The summed E-state index contributed by atoms with van der Waals surface area (Å²) in [4.78, 5) is 35.7. The Bertz CT molecular complexity index is 1310. The first-order chi connectivity index (χ1) is 35.0. The van der Waals surface area contributed by atoms with Crippen molar-refractivity contribution in [3.05, 3.63) is 36.5 Å². The molecule has 424 valence electrons.